The van der Waals surface area contributed by atoms with Gasteiger partial charge in [0, 0.05) is 31.9 Å². The molecule has 1 fully saturated rings. The topological polar surface area (TPSA) is 62.5 Å². The van der Waals surface area contributed by atoms with Gasteiger partial charge in [0.2, 0.25) is 0 Å². The van der Waals surface area contributed by atoms with E-state index in [4.69, 9.17) is 0 Å². The monoisotopic (exact) mass is 286 g/mol. The Morgan fingerprint density at radius 3 is 2.86 bits per heavy atom. The van der Waals surface area contributed by atoms with Crippen LogP contribution in [-0.2, 0) is 0 Å². The molecule has 1 saturated heterocycles. The van der Waals surface area contributed by atoms with Crippen LogP contribution in [0.3, 0.4) is 0 Å². The number of fused-ring (bicyclic) bond motifs is 1. The molecular weight excluding hydrogens is 268 g/mol. The molecule has 0 saturated carbocycles. The van der Waals surface area contributed by atoms with Crippen LogP contribution in [0.5, 0.6) is 0 Å². The highest BCUT2D eigenvalue weighted by atomic mass is 16.6. The predicted octanol–water partition coefficient (Wildman–Crippen LogP) is 2.28. The van der Waals surface area contributed by atoms with Crippen molar-refractivity contribution >= 4 is 22.3 Å². The highest BCUT2D eigenvalue weighted by molar-refractivity contribution is 5.97. The van der Waals surface area contributed by atoms with Gasteiger partial charge in [-0.25, -0.2) is 0 Å². The highest BCUT2D eigenvalue weighted by Crippen LogP contribution is 2.32. The Kier molecular flexibility index (Phi) is 3.70. The normalized spacial score (nSPS) is 16.9. The van der Waals surface area contributed by atoms with Gasteiger partial charge in [0.1, 0.15) is 5.52 Å². The Balaban J connectivity index is 2.07. The van der Waals surface area contributed by atoms with E-state index in [-0.39, 0.29) is 10.6 Å². The number of anilines is 1. The lowest BCUT2D eigenvalue weighted by atomic mass is 10.1. The van der Waals surface area contributed by atoms with Gasteiger partial charge >= 0.3 is 0 Å². The second-order valence-corrected chi connectivity index (χ2v) is 5.40. The Hall–Kier alpha value is -2.21. The predicted molar refractivity (Wildman–Crippen MR) is 82.7 cm³/mol. The van der Waals surface area contributed by atoms with E-state index < -0.39 is 0 Å². The van der Waals surface area contributed by atoms with Crippen molar-refractivity contribution in [2.75, 3.05) is 38.1 Å². The van der Waals surface area contributed by atoms with Crippen LogP contribution >= 0.6 is 0 Å². The Morgan fingerprint density at radius 1 is 1.19 bits per heavy atom. The number of pyridine rings is 1. The molecule has 3 rings (SSSR count). The lowest BCUT2D eigenvalue weighted by Gasteiger charge is -2.23. The molecular formula is C15H18N4O2. The number of likely N-dealkylation sites (N-methyl/N-ethyl adjacent to an activating group) is 1. The second-order valence-electron chi connectivity index (χ2n) is 5.40. The fraction of sp³-hybridized carbons (Fsp3) is 0.400. The average molecular weight is 286 g/mol. The van der Waals surface area contributed by atoms with E-state index in [1.165, 1.54) is 0 Å². The molecule has 21 heavy (non-hydrogen) atoms. The third kappa shape index (κ3) is 2.67. The molecule has 2 heterocycles. The number of aromatic nitrogens is 1. The van der Waals surface area contributed by atoms with Crippen LogP contribution in [0.1, 0.15) is 6.42 Å². The van der Waals surface area contributed by atoms with Crippen molar-refractivity contribution in [1.29, 1.82) is 0 Å². The number of rotatable bonds is 2. The zero-order chi connectivity index (χ0) is 14.8. The van der Waals surface area contributed by atoms with Crippen molar-refractivity contribution in [2.24, 2.45) is 0 Å². The maximum Gasteiger partial charge on any atom is 0.278 e. The van der Waals surface area contributed by atoms with Crippen LogP contribution in [0.2, 0.25) is 0 Å². The summed E-state index contributed by atoms with van der Waals surface area (Å²) in [4.78, 5) is 19.8. The lowest BCUT2D eigenvalue weighted by Crippen LogP contribution is -2.29. The van der Waals surface area contributed by atoms with E-state index >= 15 is 0 Å². The molecule has 0 amide bonds. The summed E-state index contributed by atoms with van der Waals surface area (Å²) in [5.74, 6) is 0. The quantitative estimate of drug-likeness (QED) is 0.626. The zero-order valence-electron chi connectivity index (χ0n) is 12.0. The minimum atomic E-state index is -0.343. The number of nitro benzene ring substituents is 1. The Labute approximate surface area is 123 Å². The third-order valence-corrected chi connectivity index (χ3v) is 3.98. The second kappa shape index (κ2) is 5.65. The van der Waals surface area contributed by atoms with Crippen molar-refractivity contribution in [2.45, 2.75) is 6.42 Å². The fourth-order valence-corrected chi connectivity index (χ4v) is 2.84. The summed E-state index contributed by atoms with van der Waals surface area (Å²) in [6, 6.07) is 6.94. The minimum Gasteiger partial charge on any atom is -0.368 e. The molecule has 1 aromatic heterocycles. The first-order valence-electron chi connectivity index (χ1n) is 7.12. The Bertz CT molecular complexity index is 674. The van der Waals surface area contributed by atoms with Crippen molar-refractivity contribution in [1.82, 2.24) is 9.88 Å². The smallest absolute Gasteiger partial charge is 0.278 e. The summed E-state index contributed by atoms with van der Waals surface area (Å²) in [6.45, 7) is 3.94. The van der Waals surface area contributed by atoms with Crippen LogP contribution in [0.15, 0.2) is 30.5 Å². The molecule has 0 spiro atoms. The van der Waals surface area contributed by atoms with Gasteiger partial charge in [0.15, 0.2) is 0 Å². The Morgan fingerprint density at radius 2 is 2.05 bits per heavy atom. The van der Waals surface area contributed by atoms with E-state index in [9.17, 15) is 10.1 Å². The van der Waals surface area contributed by atoms with Gasteiger partial charge in [-0.1, -0.05) is 0 Å². The van der Waals surface area contributed by atoms with E-state index in [0.29, 0.717) is 5.39 Å². The molecule has 0 atom stereocenters. The number of hydrogen-bond acceptors (Lipinski definition) is 5. The number of non-ortho nitro benzene ring substituents is 1. The maximum absolute atomic E-state index is 11.2. The number of nitro groups is 1. The fourth-order valence-electron chi connectivity index (χ4n) is 2.84. The van der Waals surface area contributed by atoms with Gasteiger partial charge in [-0.15, -0.1) is 0 Å². The summed E-state index contributed by atoms with van der Waals surface area (Å²) < 4.78 is 0. The molecule has 0 radical (unpaired) electrons. The highest BCUT2D eigenvalue weighted by Gasteiger charge is 2.19. The largest absolute Gasteiger partial charge is 0.368 e. The first-order chi connectivity index (χ1) is 10.2. The van der Waals surface area contributed by atoms with Crippen LogP contribution in [0, 0.1) is 10.1 Å². The first-order valence-corrected chi connectivity index (χ1v) is 7.12. The van der Waals surface area contributed by atoms with Crippen LogP contribution in [0.4, 0.5) is 11.4 Å². The summed E-state index contributed by atoms with van der Waals surface area (Å²) in [5, 5.41) is 11.8. The zero-order valence-corrected chi connectivity index (χ0v) is 12.0. The summed E-state index contributed by atoms with van der Waals surface area (Å²) in [7, 11) is 2.12. The van der Waals surface area contributed by atoms with Gasteiger partial charge in [-0.05, 0) is 38.2 Å². The molecule has 0 aliphatic carbocycles. The number of nitrogens with zero attached hydrogens (tertiary/aromatic N) is 4. The molecule has 0 unspecified atom stereocenters. The molecule has 6 heteroatoms. The van der Waals surface area contributed by atoms with Crippen molar-refractivity contribution < 1.29 is 4.92 Å². The van der Waals surface area contributed by atoms with Crippen LogP contribution in [-0.4, -0.2) is 48.0 Å². The number of hydrogen-bond donors (Lipinski definition) is 0. The van der Waals surface area contributed by atoms with E-state index in [1.54, 1.807) is 24.4 Å². The van der Waals surface area contributed by atoms with Gasteiger partial charge in [0.05, 0.1) is 16.0 Å². The molecule has 6 nitrogen and oxygen atoms in total. The molecule has 1 aliphatic heterocycles. The maximum atomic E-state index is 11.2. The van der Waals surface area contributed by atoms with Gasteiger partial charge in [0.25, 0.3) is 5.69 Å². The third-order valence-electron chi connectivity index (χ3n) is 3.98. The SMILES string of the molecule is CN1CCCN(c2ccc([N+](=O)[O-])c3cccnc23)CC1. The van der Waals surface area contributed by atoms with E-state index in [1.807, 2.05) is 6.07 Å². The number of benzene rings is 1. The van der Waals surface area contributed by atoms with Crippen LogP contribution < -0.4 is 4.90 Å². The van der Waals surface area contributed by atoms with Gasteiger partial charge < -0.3 is 9.80 Å². The molecule has 2 aromatic rings. The van der Waals surface area contributed by atoms with Crippen molar-refractivity contribution in [3.63, 3.8) is 0 Å². The molecule has 1 aromatic carbocycles. The van der Waals surface area contributed by atoms with Crippen molar-refractivity contribution in [3.8, 4) is 0 Å². The van der Waals surface area contributed by atoms with Gasteiger partial charge in [-0.2, -0.15) is 0 Å². The standard InChI is InChI=1S/C15H18N4O2/c1-17-8-3-9-18(11-10-17)14-6-5-13(19(20)21)12-4-2-7-16-15(12)14/h2,4-7H,3,8-11H2,1H3. The average Bonchev–Trinajstić information content (AvgIpc) is 2.70. The summed E-state index contributed by atoms with van der Waals surface area (Å²) >= 11 is 0. The molecule has 1 aliphatic rings. The van der Waals surface area contributed by atoms with Crippen LogP contribution in [0.25, 0.3) is 10.9 Å². The minimum absolute atomic E-state index is 0.119. The molecule has 0 bridgehead atoms. The van der Waals surface area contributed by atoms with E-state index in [2.05, 4.69) is 21.8 Å². The molecule has 0 N–H and O–H groups in total. The van der Waals surface area contributed by atoms with Crippen molar-refractivity contribution in [3.05, 3.63) is 40.6 Å². The lowest BCUT2D eigenvalue weighted by molar-refractivity contribution is -0.383. The summed E-state index contributed by atoms with van der Waals surface area (Å²) in [5.41, 5.74) is 1.83. The first kappa shape index (κ1) is 13.8. The van der Waals surface area contributed by atoms with Gasteiger partial charge in [-0.3, -0.25) is 15.1 Å². The summed E-state index contributed by atoms with van der Waals surface area (Å²) in [6.07, 6.45) is 2.78. The van der Waals surface area contributed by atoms with E-state index in [0.717, 1.165) is 43.8 Å². The molecule has 110 valence electrons.